The number of amides is 1. The van der Waals surface area contributed by atoms with Crippen molar-refractivity contribution in [3.05, 3.63) is 54.2 Å². The summed E-state index contributed by atoms with van der Waals surface area (Å²) in [6, 6.07) is 12.9. The highest BCUT2D eigenvalue weighted by Gasteiger charge is 2.53. The van der Waals surface area contributed by atoms with Gasteiger partial charge < -0.3 is 29.2 Å². The zero-order chi connectivity index (χ0) is 27.0. The molecule has 2 saturated heterocycles. The molecule has 10 nitrogen and oxygen atoms in total. The first kappa shape index (κ1) is 25.7. The highest BCUT2D eigenvalue weighted by atomic mass is 16.6. The van der Waals surface area contributed by atoms with Crippen LogP contribution in [0.4, 0.5) is 10.5 Å². The van der Waals surface area contributed by atoms with Crippen molar-refractivity contribution in [2.75, 3.05) is 58.0 Å². The van der Waals surface area contributed by atoms with Crippen LogP contribution in [0.25, 0.3) is 10.9 Å². The molecule has 206 valence electrons. The lowest BCUT2D eigenvalue weighted by Crippen LogP contribution is -2.55. The third kappa shape index (κ3) is 4.84. The molecule has 4 heterocycles. The molecule has 0 aliphatic carbocycles. The van der Waals surface area contributed by atoms with Crippen LogP contribution in [0, 0.1) is 5.92 Å². The molecular formula is C29H33N3O7. The second kappa shape index (κ2) is 10.5. The third-order valence-electron chi connectivity index (χ3n) is 8.10. The topological polar surface area (TPSA) is 114 Å². The van der Waals surface area contributed by atoms with Crippen LogP contribution in [-0.2, 0) is 4.74 Å². The molecular weight excluding hydrogens is 502 g/mol. The summed E-state index contributed by atoms with van der Waals surface area (Å²) in [5.74, 6) is 1.89. The van der Waals surface area contributed by atoms with Crippen LogP contribution in [0.3, 0.4) is 0 Å². The second-order valence-corrected chi connectivity index (χ2v) is 10.4. The summed E-state index contributed by atoms with van der Waals surface area (Å²) in [5.41, 5.74) is 1.56. The molecule has 1 amide bonds. The van der Waals surface area contributed by atoms with E-state index in [-0.39, 0.29) is 12.5 Å². The maximum absolute atomic E-state index is 13.1. The van der Waals surface area contributed by atoms with Crippen LogP contribution in [0.5, 0.6) is 17.2 Å². The molecule has 3 aliphatic heterocycles. The Bertz CT molecular complexity index is 1370. The van der Waals surface area contributed by atoms with E-state index in [0.29, 0.717) is 75.2 Å². The molecule has 3 aliphatic rings. The van der Waals surface area contributed by atoms with Gasteiger partial charge in [0.05, 0.1) is 31.0 Å². The van der Waals surface area contributed by atoms with Crippen molar-refractivity contribution in [1.82, 2.24) is 9.88 Å². The number of piperidine rings is 1. The summed E-state index contributed by atoms with van der Waals surface area (Å²) in [6.45, 7) is 2.99. The molecule has 0 saturated carbocycles. The van der Waals surface area contributed by atoms with E-state index in [9.17, 15) is 15.0 Å². The fraction of sp³-hybridized carbons (Fsp3) is 0.448. The zero-order valence-corrected chi connectivity index (χ0v) is 21.9. The number of hydrogen-bond acceptors (Lipinski definition) is 9. The summed E-state index contributed by atoms with van der Waals surface area (Å²) < 4.78 is 22.8. The molecule has 2 N–H and O–H groups in total. The molecule has 3 aromatic rings. The number of hydrogen-bond donors (Lipinski definition) is 2. The van der Waals surface area contributed by atoms with Gasteiger partial charge in [0, 0.05) is 56.2 Å². The fourth-order valence-electron chi connectivity index (χ4n) is 6.04. The van der Waals surface area contributed by atoms with E-state index in [0.717, 1.165) is 16.5 Å². The van der Waals surface area contributed by atoms with Crippen molar-refractivity contribution in [1.29, 1.82) is 0 Å². The number of carbonyl (C=O) groups excluding carboxylic acids is 1. The van der Waals surface area contributed by atoms with Crippen molar-refractivity contribution in [2.24, 2.45) is 5.92 Å². The van der Waals surface area contributed by atoms with E-state index in [1.54, 1.807) is 18.2 Å². The molecule has 1 aromatic heterocycles. The number of methoxy groups -OCH3 is 1. The lowest BCUT2D eigenvalue weighted by molar-refractivity contribution is -0.0622. The van der Waals surface area contributed by atoms with Gasteiger partial charge in [-0.05, 0) is 48.4 Å². The smallest absolute Gasteiger partial charge is 0.415 e. The number of β-amino-alcohol motifs (C(OH)–C–C–N with tert-alkyl or cyclic N) is 1. The van der Waals surface area contributed by atoms with Crippen LogP contribution in [0.15, 0.2) is 48.7 Å². The molecule has 0 unspecified atom stereocenters. The number of benzene rings is 2. The van der Waals surface area contributed by atoms with Gasteiger partial charge in [0.25, 0.3) is 0 Å². The number of aliphatic hydroxyl groups is 2. The van der Waals surface area contributed by atoms with Crippen LogP contribution in [0.2, 0.25) is 0 Å². The Labute approximate surface area is 226 Å². The van der Waals surface area contributed by atoms with Crippen LogP contribution in [0.1, 0.15) is 24.5 Å². The van der Waals surface area contributed by atoms with Gasteiger partial charge >= 0.3 is 6.09 Å². The zero-order valence-electron chi connectivity index (χ0n) is 21.9. The number of aromatic nitrogens is 1. The van der Waals surface area contributed by atoms with Crippen LogP contribution in [-0.4, -0.2) is 84.9 Å². The Morgan fingerprint density at radius 2 is 2.00 bits per heavy atom. The lowest BCUT2D eigenvalue weighted by Gasteiger charge is -2.44. The Hall–Kier alpha value is -3.60. The third-order valence-corrected chi connectivity index (χ3v) is 8.10. The van der Waals surface area contributed by atoms with Crippen LogP contribution < -0.4 is 19.1 Å². The second-order valence-electron chi connectivity index (χ2n) is 10.4. The Morgan fingerprint density at radius 1 is 1.15 bits per heavy atom. The van der Waals surface area contributed by atoms with Gasteiger partial charge in [-0.25, -0.2) is 4.79 Å². The van der Waals surface area contributed by atoms with Crippen molar-refractivity contribution in [3.63, 3.8) is 0 Å². The number of carbonyl (C=O) groups is 1. The number of rotatable bonds is 7. The van der Waals surface area contributed by atoms with E-state index in [2.05, 4.69) is 9.88 Å². The fourth-order valence-corrected chi connectivity index (χ4v) is 6.04. The molecule has 2 aromatic carbocycles. The minimum Gasteiger partial charge on any atom is -0.497 e. The number of anilines is 1. The van der Waals surface area contributed by atoms with E-state index < -0.39 is 17.8 Å². The highest BCUT2D eigenvalue weighted by molar-refractivity contribution is 5.91. The minimum absolute atomic E-state index is 0.0147. The first-order valence-corrected chi connectivity index (χ1v) is 13.3. The number of nitrogens with zero attached hydrogens (tertiary/aromatic N) is 3. The average molecular weight is 536 g/mol. The number of likely N-dealkylation sites (tertiary alicyclic amines) is 1. The molecule has 39 heavy (non-hydrogen) atoms. The van der Waals surface area contributed by atoms with E-state index >= 15 is 0 Å². The Kier molecular flexibility index (Phi) is 6.92. The van der Waals surface area contributed by atoms with Gasteiger partial charge in [0.1, 0.15) is 24.6 Å². The number of fused-ring (bicyclic) bond motifs is 2. The van der Waals surface area contributed by atoms with Crippen molar-refractivity contribution >= 4 is 22.7 Å². The predicted molar refractivity (Wildman–Crippen MR) is 143 cm³/mol. The number of aliphatic hydroxyl groups excluding tert-OH is 2. The number of ether oxygens (including phenoxy) is 4. The van der Waals surface area contributed by atoms with Crippen molar-refractivity contribution in [3.8, 4) is 17.2 Å². The molecule has 3 atom stereocenters. The van der Waals surface area contributed by atoms with Gasteiger partial charge in [0.2, 0.25) is 0 Å². The van der Waals surface area contributed by atoms with E-state index in [1.165, 1.54) is 0 Å². The molecule has 6 rings (SSSR count). The van der Waals surface area contributed by atoms with Gasteiger partial charge in [-0.2, -0.15) is 0 Å². The normalized spacial score (nSPS) is 23.7. The van der Waals surface area contributed by atoms with Gasteiger partial charge in [-0.15, -0.1) is 0 Å². The Morgan fingerprint density at radius 3 is 2.82 bits per heavy atom. The van der Waals surface area contributed by atoms with Gasteiger partial charge in [-0.3, -0.25) is 14.8 Å². The molecule has 0 radical (unpaired) electrons. The lowest BCUT2D eigenvalue weighted by atomic mass is 9.78. The summed E-state index contributed by atoms with van der Waals surface area (Å²) in [6.07, 6.45) is 1.65. The number of pyridine rings is 1. The van der Waals surface area contributed by atoms with Crippen molar-refractivity contribution < 1.29 is 34.0 Å². The van der Waals surface area contributed by atoms with E-state index in [4.69, 9.17) is 18.9 Å². The van der Waals surface area contributed by atoms with Crippen LogP contribution >= 0.6 is 0 Å². The quantitative estimate of drug-likeness (QED) is 0.471. The predicted octanol–water partition coefficient (Wildman–Crippen LogP) is 3.15. The maximum atomic E-state index is 13.1. The maximum Gasteiger partial charge on any atom is 0.415 e. The summed E-state index contributed by atoms with van der Waals surface area (Å²) in [7, 11) is 1.61. The SMILES string of the molecule is COc1ccc2nccc([C@H](O)CN3CC[C@@]4(CN(c5ccc6c(c5)OCCO6)C(=O)O4)[C@@H](CCO)C3)c2c1. The molecule has 10 heteroatoms. The standard InChI is InChI=1S/C29H33N3O7/c1-36-21-3-4-24-23(15-21)22(6-9-30-24)25(34)17-31-10-8-29(19(16-31)7-11-33)18-32(28(35)39-29)20-2-5-26-27(14-20)38-13-12-37-26/h2-6,9,14-15,19,25,33-34H,7-8,10-13,16-18H2,1H3/t19-,25+,29+/m0/s1. The van der Waals surface area contributed by atoms with Gasteiger partial charge in [0.15, 0.2) is 11.5 Å². The molecule has 2 fully saturated rings. The monoisotopic (exact) mass is 535 g/mol. The largest absolute Gasteiger partial charge is 0.497 e. The first-order chi connectivity index (χ1) is 19.0. The molecule has 0 bridgehead atoms. The Balaban J connectivity index is 1.18. The molecule has 1 spiro atoms. The average Bonchev–Trinajstić information content (AvgIpc) is 3.30. The highest BCUT2D eigenvalue weighted by Crippen LogP contribution is 2.43. The summed E-state index contributed by atoms with van der Waals surface area (Å²) >= 11 is 0. The summed E-state index contributed by atoms with van der Waals surface area (Å²) in [4.78, 5) is 21.3. The summed E-state index contributed by atoms with van der Waals surface area (Å²) in [5, 5.41) is 22.0. The first-order valence-electron chi connectivity index (χ1n) is 13.3. The van der Waals surface area contributed by atoms with Crippen molar-refractivity contribution in [2.45, 2.75) is 24.5 Å². The van der Waals surface area contributed by atoms with E-state index in [1.807, 2.05) is 42.5 Å². The van der Waals surface area contributed by atoms with Gasteiger partial charge in [-0.1, -0.05) is 0 Å². The minimum atomic E-state index is -0.744.